The standard InChI is InChI=1S/C15H21N3O/c1-3-18(4-2)8-9-19-15-13(11-16)10-12-6-5-7-14(12)17-15/h10H,3-9H2,1-2H3. The van der Waals surface area contributed by atoms with Crippen molar-refractivity contribution in [2.24, 2.45) is 0 Å². The van der Waals surface area contributed by atoms with Gasteiger partial charge in [0.1, 0.15) is 18.2 Å². The third-order valence-corrected chi connectivity index (χ3v) is 3.68. The van der Waals surface area contributed by atoms with Crippen LogP contribution in [0.1, 0.15) is 37.1 Å². The maximum absolute atomic E-state index is 9.17. The van der Waals surface area contributed by atoms with Crippen molar-refractivity contribution in [3.63, 3.8) is 0 Å². The van der Waals surface area contributed by atoms with E-state index < -0.39 is 0 Å². The number of hydrogen-bond acceptors (Lipinski definition) is 4. The fourth-order valence-electron chi connectivity index (χ4n) is 2.45. The summed E-state index contributed by atoms with van der Waals surface area (Å²) in [6.45, 7) is 7.76. The Morgan fingerprint density at radius 1 is 1.37 bits per heavy atom. The van der Waals surface area contributed by atoms with Crippen molar-refractivity contribution in [3.8, 4) is 11.9 Å². The van der Waals surface area contributed by atoms with Crippen LogP contribution in [0.2, 0.25) is 0 Å². The number of hydrogen-bond donors (Lipinski definition) is 0. The molecule has 19 heavy (non-hydrogen) atoms. The summed E-state index contributed by atoms with van der Waals surface area (Å²) in [5.74, 6) is 0.510. The van der Waals surface area contributed by atoms with Crippen molar-refractivity contribution < 1.29 is 4.74 Å². The van der Waals surface area contributed by atoms with Gasteiger partial charge in [0.2, 0.25) is 5.88 Å². The molecule has 0 fully saturated rings. The van der Waals surface area contributed by atoms with Crippen molar-refractivity contribution in [1.29, 1.82) is 5.26 Å². The first-order chi connectivity index (χ1) is 9.28. The van der Waals surface area contributed by atoms with Crippen molar-refractivity contribution >= 4 is 0 Å². The summed E-state index contributed by atoms with van der Waals surface area (Å²) in [4.78, 5) is 6.80. The number of pyridine rings is 1. The molecule has 2 rings (SSSR count). The van der Waals surface area contributed by atoms with E-state index in [2.05, 4.69) is 29.8 Å². The first-order valence-electron chi connectivity index (χ1n) is 7.06. The molecule has 1 aromatic heterocycles. The van der Waals surface area contributed by atoms with E-state index in [1.807, 2.05) is 6.07 Å². The molecule has 1 aromatic rings. The molecule has 0 atom stereocenters. The topological polar surface area (TPSA) is 49.1 Å². The summed E-state index contributed by atoms with van der Waals surface area (Å²) < 4.78 is 5.71. The lowest BCUT2D eigenvalue weighted by molar-refractivity contribution is 0.217. The van der Waals surface area contributed by atoms with E-state index in [0.29, 0.717) is 18.1 Å². The number of ether oxygens (including phenoxy) is 1. The van der Waals surface area contributed by atoms with Crippen LogP contribution in [0.5, 0.6) is 5.88 Å². The Balaban J connectivity index is 2.02. The minimum Gasteiger partial charge on any atom is -0.475 e. The number of aryl methyl sites for hydroxylation is 2. The third kappa shape index (κ3) is 3.24. The molecular formula is C15H21N3O. The zero-order chi connectivity index (χ0) is 13.7. The Hall–Kier alpha value is -1.60. The molecule has 1 heterocycles. The van der Waals surface area contributed by atoms with Gasteiger partial charge in [-0.15, -0.1) is 0 Å². The van der Waals surface area contributed by atoms with Crippen LogP contribution in [0.15, 0.2) is 6.07 Å². The van der Waals surface area contributed by atoms with E-state index >= 15 is 0 Å². The van der Waals surface area contributed by atoms with E-state index in [9.17, 15) is 5.26 Å². The predicted octanol–water partition coefficient (Wildman–Crippen LogP) is 2.16. The van der Waals surface area contributed by atoms with Crippen LogP contribution in [0, 0.1) is 11.3 Å². The van der Waals surface area contributed by atoms with Gasteiger partial charge in [0.25, 0.3) is 0 Å². The maximum atomic E-state index is 9.17. The Labute approximate surface area is 115 Å². The highest BCUT2D eigenvalue weighted by Gasteiger charge is 2.17. The molecule has 0 unspecified atom stereocenters. The zero-order valence-corrected chi connectivity index (χ0v) is 11.8. The van der Waals surface area contributed by atoms with Crippen molar-refractivity contribution in [2.75, 3.05) is 26.2 Å². The highest BCUT2D eigenvalue weighted by atomic mass is 16.5. The maximum Gasteiger partial charge on any atom is 0.231 e. The third-order valence-electron chi connectivity index (χ3n) is 3.68. The quantitative estimate of drug-likeness (QED) is 0.785. The Morgan fingerprint density at radius 3 is 2.84 bits per heavy atom. The largest absolute Gasteiger partial charge is 0.475 e. The van der Waals surface area contributed by atoms with E-state index in [0.717, 1.165) is 44.6 Å². The van der Waals surface area contributed by atoms with E-state index in [1.54, 1.807) is 0 Å². The summed E-state index contributed by atoms with van der Waals surface area (Å²) >= 11 is 0. The number of nitrogens with zero attached hydrogens (tertiary/aromatic N) is 3. The van der Waals surface area contributed by atoms with Gasteiger partial charge >= 0.3 is 0 Å². The molecule has 0 N–H and O–H groups in total. The average molecular weight is 259 g/mol. The average Bonchev–Trinajstić information content (AvgIpc) is 2.89. The van der Waals surface area contributed by atoms with Crippen molar-refractivity contribution in [3.05, 3.63) is 22.9 Å². The second-order valence-corrected chi connectivity index (χ2v) is 4.79. The van der Waals surface area contributed by atoms with Crippen LogP contribution in [0.25, 0.3) is 0 Å². The smallest absolute Gasteiger partial charge is 0.231 e. The lowest BCUT2D eigenvalue weighted by Crippen LogP contribution is -2.28. The zero-order valence-electron chi connectivity index (χ0n) is 11.8. The van der Waals surface area contributed by atoms with Crippen molar-refractivity contribution in [2.45, 2.75) is 33.1 Å². The SMILES string of the molecule is CCN(CC)CCOc1nc2c(cc1C#N)CCC2. The molecule has 0 amide bonds. The van der Waals surface area contributed by atoms with E-state index in [1.165, 1.54) is 5.56 Å². The highest BCUT2D eigenvalue weighted by Crippen LogP contribution is 2.26. The molecule has 0 saturated carbocycles. The fraction of sp³-hybridized carbons (Fsp3) is 0.600. The molecule has 1 aliphatic rings. The fourth-order valence-corrected chi connectivity index (χ4v) is 2.45. The second-order valence-electron chi connectivity index (χ2n) is 4.79. The molecule has 0 spiro atoms. The summed E-state index contributed by atoms with van der Waals surface area (Å²) in [5.41, 5.74) is 2.89. The molecule has 102 valence electrons. The number of fused-ring (bicyclic) bond motifs is 1. The summed E-state index contributed by atoms with van der Waals surface area (Å²) in [5, 5.41) is 9.17. The molecular weight excluding hydrogens is 238 g/mol. The van der Waals surface area contributed by atoms with Gasteiger partial charge in [0, 0.05) is 12.2 Å². The minimum absolute atomic E-state index is 0.510. The predicted molar refractivity (Wildman–Crippen MR) is 74.3 cm³/mol. The van der Waals surface area contributed by atoms with Gasteiger partial charge in [0.15, 0.2) is 0 Å². The molecule has 0 saturated heterocycles. The number of nitriles is 1. The van der Waals surface area contributed by atoms with E-state index in [4.69, 9.17) is 4.74 Å². The van der Waals surface area contributed by atoms with Crippen molar-refractivity contribution in [1.82, 2.24) is 9.88 Å². The Bertz CT molecular complexity index is 475. The monoisotopic (exact) mass is 259 g/mol. The lowest BCUT2D eigenvalue weighted by Gasteiger charge is -2.18. The van der Waals surface area contributed by atoms with Gasteiger partial charge in [-0.05, 0) is 44.0 Å². The van der Waals surface area contributed by atoms with Gasteiger partial charge in [-0.3, -0.25) is 0 Å². The first-order valence-corrected chi connectivity index (χ1v) is 7.06. The van der Waals surface area contributed by atoms with Crippen LogP contribution < -0.4 is 4.74 Å². The van der Waals surface area contributed by atoms with Crippen LogP contribution in [-0.2, 0) is 12.8 Å². The minimum atomic E-state index is 0.510. The summed E-state index contributed by atoms with van der Waals surface area (Å²) in [6, 6.07) is 4.14. The lowest BCUT2D eigenvalue weighted by atomic mass is 10.1. The first kappa shape index (κ1) is 13.8. The van der Waals surface area contributed by atoms with Gasteiger partial charge in [-0.25, -0.2) is 4.98 Å². The number of rotatable bonds is 6. The second kappa shape index (κ2) is 6.53. The van der Waals surface area contributed by atoms with Crippen LogP contribution >= 0.6 is 0 Å². The highest BCUT2D eigenvalue weighted by molar-refractivity contribution is 5.44. The van der Waals surface area contributed by atoms with Gasteiger partial charge in [-0.1, -0.05) is 13.8 Å². The van der Waals surface area contributed by atoms with Gasteiger partial charge in [-0.2, -0.15) is 5.26 Å². The molecule has 0 bridgehead atoms. The van der Waals surface area contributed by atoms with Crippen LogP contribution in [0.3, 0.4) is 0 Å². The summed E-state index contributed by atoms with van der Waals surface area (Å²) in [7, 11) is 0. The number of likely N-dealkylation sites (N-methyl/N-ethyl adjacent to an activating group) is 1. The molecule has 0 radical (unpaired) electrons. The molecule has 0 aliphatic heterocycles. The van der Waals surface area contributed by atoms with Crippen LogP contribution in [0.4, 0.5) is 0 Å². The van der Waals surface area contributed by atoms with Crippen LogP contribution in [-0.4, -0.2) is 36.1 Å². The van der Waals surface area contributed by atoms with E-state index in [-0.39, 0.29) is 0 Å². The number of aromatic nitrogens is 1. The normalized spacial score (nSPS) is 13.4. The molecule has 4 heteroatoms. The van der Waals surface area contributed by atoms with Gasteiger partial charge < -0.3 is 9.64 Å². The Kier molecular flexibility index (Phi) is 4.75. The molecule has 1 aliphatic carbocycles. The molecule has 4 nitrogen and oxygen atoms in total. The van der Waals surface area contributed by atoms with Gasteiger partial charge in [0.05, 0.1) is 0 Å². The molecule has 0 aromatic carbocycles. The summed E-state index contributed by atoms with van der Waals surface area (Å²) in [6.07, 6.45) is 3.18. The Morgan fingerprint density at radius 2 is 2.16 bits per heavy atom.